The number of morpholine rings is 1. The Morgan fingerprint density at radius 3 is 2.52 bits per heavy atom. The summed E-state index contributed by atoms with van der Waals surface area (Å²) in [6.45, 7) is 7.42. The van der Waals surface area contributed by atoms with Gasteiger partial charge in [-0.25, -0.2) is 0 Å². The molecule has 1 heterocycles. The van der Waals surface area contributed by atoms with E-state index in [1.165, 1.54) is 32.1 Å². The Labute approximate surface area is 163 Å². The molecular weight excluding hydrogens is 338 g/mol. The van der Waals surface area contributed by atoms with Crippen molar-refractivity contribution in [2.45, 2.75) is 45.1 Å². The van der Waals surface area contributed by atoms with Crippen LogP contribution in [0.3, 0.4) is 0 Å². The van der Waals surface area contributed by atoms with Crippen molar-refractivity contribution in [3.63, 3.8) is 0 Å². The summed E-state index contributed by atoms with van der Waals surface area (Å²) in [6, 6.07) is 9.63. The van der Waals surface area contributed by atoms with Crippen LogP contribution in [0.25, 0.3) is 0 Å². The zero-order valence-corrected chi connectivity index (χ0v) is 16.7. The van der Waals surface area contributed by atoms with Crippen molar-refractivity contribution in [1.82, 2.24) is 10.2 Å². The molecule has 2 aliphatic rings. The van der Waals surface area contributed by atoms with Gasteiger partial charge >= 0.3 is 0 Å². The van der Waals surface area contributed by atoms with Crippen molar-refractivity contribution in [2.75, 3.05) is 39.4 Å². The molecule has 3 N–H and O–H groups in total. The number of nitrogens with zero attached hydrogens (tertiary/aromatic N) is 1. The standard InChI is InChI=1S/C22H35N3O2/c1-18(20(23)19-8-4-2-5-9-19)21(26)24-16-22(10-6-3-7-11-22)17-25-12-14-27-15-13-25/h2,4-5,8-9,18,20H,3,6-7,10-17,23H2,1H3,(H,24,26). The molecule has 0 spiro atoms. The predicted molar refractivity (Wildman–Crippen MR) is 108 cm³/mol. The van der Waals surface area contributed by atoms with Gasteiger partial charge in [0.05, 0.1) is 19.1 Å². The van der Waals surface area contributed by atoms with E-state index in [9.17, 15) is 4.79 Å². The summed E-state index contributed by atoms with van der Waals surface area (Å²) < 4.78 is 5.49. The number of hydrogen-bond donors (Lipinski definition) is 2. The summed E-state index contributed by atoms with van der Waals surface area (Å²) in [5.74, 6) is -0.172. The highest BCUT2D eigenvalue weighted by Gasteiger charge is 2.35. The SMILES string of the molecule is CC(C(=O)NCC1(CN2CCOCC2)CCCCC1)C(N)c1ccccc1. The van der Waals surface area contributed by atoms with E-state index in [0.717, 1.165) is 45.0 Å². The number of carbonyl (C=O) groups excluding carboxylic acids is 1. The molecule has 1 aromatic rings. The van der Waals surface area contributed by atoms with E-state index in [2.05, 4.69) is 10.2 Å². The Balaban J connectivity index is 1.58. The van der Waals surface area contributed by atoms with Crippen LogP contribution in [0.4, 0.5) is 0 Å². The van der Waals surface area contributed by atoms with Gasteiger partial charge in [-0.3, -0.25) is 9.69 Å². The summed E-state index contributed by atoms with van der Waals surface area (Å²) >= 11 is 0. The normalized spacial score (nSPS) is 22.7. The summed E-state index contributed by atoms with van der Waals surface area (Å²) in [5, 5.41) is 3.26. The van der Waals surface area contributed by atoms with Crippen LogP contribution in [0.5, 0.6) is 0 Å². The van der Waals surface area contributed by atoms with E-state index in [1.807, 2.05) is 37.3 Å². The first-order valence-electron chi connectivity index (χ1n) is 10.5. The number of carbonyl (C=O) groups is 1. The minimum absolute atomic E-state index is 0.0679. The van der Waals surface area contributed by atoms with Crippen LogP contribution in [0.1, 0.15) is 50.6 Å². The summed E-state index contributed by atoms with van der Waals surface area (Å²) in [5.41, 5.74) is 7.56. The van der Waals surface area contributed by atoms with E-state index in [1.54, 1.807) is 0 Å². The van der Waals surface area contributed by atoms with Crippen molar-refractivity contribution in [2.24, 2.45) is 17.1 Å². The Morgan fingerprint density at radius 1 is 1.19 bits per heavy atom. The molecule has 0 bridgehead atoms. The molecular formula is C22H35N3O2. The lowest BCUT2D eigenvalue weighted by molar-refractivity contribution is -0.126. The van der Waals surface area contributed by atoms with E-state index in [0.29, 0.717) is 0 Å². The molecule has 5 nitrogen and oxygen atoms in total. The van der Waals surface area contributed by atoms with Gasteiger partial charge in [-0.2, -0.15) is 0 Å². The van der Waals surface area contributed by atoms with Gasteiger partial charge in [0.2, 0.25) is 5.91 Å². The third kappa shape index (κ3) is 5.53. The summed E-state index contributed by atoms with van der Waals surface area (Å²) in [4.78, 5) is 15.3. The van der Waals surface area contributed by atoms with Crippen LogP contribution in [-0.4, -0.2) is 50.2 Å². The maximum absolute atomic E-state index is 12.8. The van der Waals surface area contributed by atoms with E-state index >= 15 is 0 Å². The van der Waals surface area contributed by atoms with Crippen LogP contribution >= 0.6 is 0 Å². The van der Waals surface area contributed by atoms with E-state index < -0.39 is 0 Å². The van der Waals surface area contributed by atoms with Crippen molar-refractivity contribution < 1.29 is 9.53 Å². The lowest BCUT2D eigenvalue weighted by Crippen LogP contribution is -2.50. The van der Waals surface area contributed by atoms with Gasteiger partial charge in [-0.15, -0.1) is 0 Å². The number of nitrogens with two attached hydrogens (primary N) is 1. The molecule has 0 radical (unpaired) electrons. The molecule has 1 saturated carbocycles. The van der Waals surface area contributed by atoms with Gasteiger partial charge in [-0.05, 0) is 18.4 Å². The van der Waals surface area contributed by atoms with Crippen molar-refractivity contribution in [3.8, 4) is 0 Å². The lowest BCUT2D eigenvalue weighted by atomic mass is 9.73. The molecule has 2 unspecified atom stereocenters. The Hall–Kier alpha value is -1.43. The second kappa shape index (κ2) is 9.67. The van der Waals surface area contributed by atoms with E-state index in [-0.39, 0.29) is 23.3 Å². The lowest BCUT2D eigenvalue weighted by Gasteiger charge is -2.42. The largest absolute Gasteiger partial charge is 0.379 e. The zero-order valence-electron chi connectivity index (χ0n) is 16.7. The smallest absolute Gasteiger partial charge is 0.224 e. The van der Waals surface area contributed by atoms with Crippen LogP contribution in [0.15, 0.2) is 30.3 Å². The number of hydrogen-bond acceptors (Lipinski definition) is 4. The minimum atomic E-state index is -0.271. The van der Waals surface area contributed by atoms with Gasteiger partial charge < -0.3 is 15.8 Å². The number of benzene rings is 1. The second-order valence-corrected chi connectivity index (χ2v) is 8.39. The first-order chi connectivity index (χ1) is 13.1. The monoisotopic (exact) mass is 373 g/mol. The molecule has 3 rings (SSSR count). The molecule has 150 valence electrons. The zero-order chi connectivity index (χ0) is 19.1. The Bertz CT molecular complexity index is 580. The number of rotatable bonds is 7. The predicted octanol–water partition coefficient (Wildman–Crippen LogP) is 2.72. The average Bonchev–Trinajstić information content (AvgIpc) is 2.73. The third-order valence-electron chi connectivity index (χ3n) is 6.35. The maximum Gasteiger partial charge on any atom is 0.224 e. The molecule has 27 heavy (non-hydrogen) atoms. The minimum Gasteiger partial charge on any atom is -0.379 e. The molecule has 1 aliphatic heterocycles. The van der Waals surface area contributed by atoms with Crippen LogP contribution in [-0.2, 0) is 9.53 Å². The Morgan fingerprint density at radius 2 is 1.85 bits per heavy atom. The molecule has 0 aromatic heterocycles. The molecule has 5 heteroatoms. The first-order valence-corrected chi connectivity index (χ1v) is 10.5. The molecule has 1 amide bonds. The fourth-order valence-corrected chi connectivity index (χ4v) is 4.49. The van der Waals surface area contributed by atoms with Gasteiger partial charge in [0, 0.05) is 37.6 Å². The maximum atomic E-state index is 12.8. The first kappa shape index (κ1) is 20.3. The van der Waals surface area contributed by atoms with Crippen molar-refractivity contribution in [1.29, 1.82) is 0 Å². The van der Waals surface area contributed by atoms with Gasteiger partial charge in [0.1, 0.15) is 0 Å². The van der Waals surface area contributed by atoms with Crippen LogP contribution in [0.2, 0.25) is 0 Å². The number of nitrogens with one attached hydrogen (secondary N) is 1. The van der Waals surface area contributed by atoms with Gasteiger partial charge in [-0.1, -0.05) is 56.5 Å². The molecule has 1 saturated heterocycles. The van der Waals surface area contributed by atoms with Gasteiger partial charge in [0.15, 0.2) is 0 Å². The second-order valence-electron chi connectivity index (χ2n) is 8.39. The highest BCUT2D eigenvalue weighted by molar-refractivity contribution is 5.79. The fraction of sp³-hybridized carbons (Fsp3) is 0.682. The number of ether oxygens (including phenoxy) is 1. The van der Waals surface area contributed by atoms with Crippen molar-refractivity contribution in [3.05, 3.63) is 35.9 Å². The molecule has 1 aliphatic carbocycles. The van der Waals surface area contributed by atoms with Crippen LogP contribution in [0, 0.1) is 11.3 Å². The summed E-state index contributed by atoms with van der Waals surface area (Å²) in [6.07, 6.45) is 6.24. The summed E-state index contributed by atoms with van der Waals surface area (Å²) in [7, 11) is 0. The molecule has 2 atom stereocenters. The average molecular weight is 374 g/mol. The topological polar surface area (TPSA) is 67.6 Å². The quantitative estimate of drug-likeness (QED) is 0.771. The van der Waals surface area contributed by atoms with Crippen molar-refractivity contribution >= 4 is 5.91 Å². The van der Waals surface area contributed by atoms with Gasteiger partial charge in [0.25, 0.3) is 0 Å². The third-order valence-corrected chi connectivity index (χ3v) is 6.35. The highest BCUT2D eigenvalue weighted by atomic mass is 16.5. The van der Waals surface area contributed by atoms with E-state index in [4.69, 9.17) is 10.5 Å². The van der Waals surface area contributed by atoms with Crippen LogP contribution < -0.4 is 11.1 Å². The molecule has 2 fully saturated rings. The number of amides is 1. The molecule has 1 aromatic carbocycles. The fourth-order valence-electron chi connectivity index (χ4n) is 4.49. The highest BCUT2D eigenvalue weighted by Crippen LogP contribution is 2.37. The Kier molecular flexibility index (Phi) is 7.27.